The van der Waals surface area contributed by atoms with E-state index in [1.807, 2.05) is 0 Å². The first-order valence-corrected chi connectivity index (χ1v) is 5.93. The normalized spacial score (nSPS) is 11.8. The summed E-state index contributed by atoms with van der Waals surface area (Å²) in [4.78, 5) is 3.89. The van der Waals surface area contributed by atoms with Crippen LogP contribution in [0.25, 0.3) is 0 Å². The van der Waals surface area contributed by atoms with Crippen molar-refractivity contribution in [1.82, 2.24) is 15.5 Å². The lowest BCUT2D eigenvalue weighted by Crippen LogP contribution is -2.21. The smallest absolute Gasteiger partial charge is 0.227 e. The zero-order chi connectivity index (χ0) is 14.4. The third kappa shape index (κ3) is 3.51. The number of amidine groups is 1. The van der Waals surface area contributed by atoms with Gasteiger partial charge in [0.15, 0.2) is 12.2 Å². The first-order chi connectivity index (χ1) is 9.70. The summed E-state index contributed by atoms with van der Waals surface area (Å²) in [5.41, 5.74) is 6.61. The van der Waals surface area contributed by atoms with Crippen molar-refractivity contribution in [2.24, 2.45) is 10.9 Å². The molecule has 0 amide bonds. The van der Waals surface area contributed by atoms with Crippen LogP contribution in [-0.2, 0) is 13.0 Å². The number of aromatic nitrogens is 2. The molecule has 0 fully saturated rings. The molecule has 8 heteroatoms. The number of nitrogens with two attached hydrogens (primary N) is 1. The van der Waals surface area contributed by atoms with Crippen LogP contribution in [0.5, 0.6) is 0 Å². The van der Waals surface area contributed by atoms with Gasteiger partial charge in [-0.05, 0) is 17.7 Å². The molecule has 2 aromatic rings. The fraction of sp³-hybridized carbons (Fsp3) is 0.250. The van der Waals surface area contributed by atoms with E-state index in [1.54, 1.807) is 6.07 Å². The third-order valence-electron chi connectivity index (χ3n) is 2.69. The van der Waals surface area contributed by atoms with Crippen molar-refractivity contribution in [2.75, 3.05) is 6.54 Å². The SMILES string of the molecule is N/C(=N/O)c1cc(F)ccc1CNCCc1ncno1. The molecule has 0 aliphatic heterocycles. The van der Waals surface area contributed by atoms with E-state index in [9.17, 15) is 4.39 Å². The molecule has 0 radical (unpaired) electrons. The first-order valence-electron chi connectivity index (χ1n) is 5.93. The van der Waals surface area contributed by atoms with Crippen molar-refractivity contribution in [1.29, 1.82) is 0 Å². The molecule has 20 heavy (non-hydrogen) atoms. The number of hydrogen-bond donors (Lipinski definition) is 3. The summed E-state index contributed by atoms with van der Waals surface area (Å²) < 4.78 is 18.0. The van der Waals surface area contributed by atoms with Gasteiger partial charge in [0.2, 0.25) is 5.89 Å². The Balaban J connectivity index is 1.95. The monoisotopic (exact) mass is 279 g/mol. The molecule has 4 N–H and O–H groups in total. The molecule has 1 heterocycles. The van der Waals surface area contributed by atoms with E-state index < -0.39 is 5.82 Å². The lowest BCUT2D eigenvalue weighted by atomic mass is 10.1. The van der Waals surface area contributed by atoms with Gasteiger partial charge in [-0.3, -0.25) is 0 Å². The zero-order valence-corrected chi connectivity index (χ0v) is 10.6. The Bertz CT molecular complexity index is 586. The minimum atomic E-state index is -0.443. The Morgan fingerprint density at radius 1 is 1.50 bits per heavy atom. The van der Waals surface area contributed by atoms with Gasteiger partial charge < -0.3 is 20.8 Å². The maximum Gasteiger partial charge on any atom is 0.227 e. The molecule has 0 saturated carbocycles. The van der Waals surface area contributed by atoms with Gasteiger partial charge in [-0.1, -0.05) is 16.4 Å². The standard InChI is InChI=1S/C12H14FN5O2/c13-9-2-1-8(10(5-9)12(14)18-19)6-15-4-3-11-16-7-17-20-11/h1-2,5,7,15,19H,3-4,6H2,(H2,14,18). The van der Waals surface area contributed by atoms with Gasteiger partial charge in [0.1, 0.15) is 5.82 Å². The molecule has 2 rings (SSSR count). The number of nitrogens with zero attached hydrogens (tertiary/aromatic N) is 3. The summed E-state index contributed by atoms with van der Waals surface area (Å²) in [6, 6.07) is 4.13. The molecule has 0 unspecified atom stereocenters. The molecule has 0 aliphatic rings. The van der Waals surface area contributed by atoms with Crippen molar-refractivity contribution in [3.05, 3.63) is 47.4 Å². The average molecular weight is 279 g/mol. The highest BCUT2D eigenvalue weighted by Gasteiger charge is 2.08. The minimum absolute atomic E-state index is 0.127. The molecule has 106 valence electrons. The van der Waals surface area contributed by atoms with Gasteiger partial charge >= 0.3 is 0 Å². The zero-order valence-electron chi connectivity index (χ0n) is 10.6. The number of oxime groups is 1. The van der Waals surface area contributed by atoms with Gasteiger partial charge in [-0.2, -0.15) is 4.98 Å². The third-order valence-corrected chi connectivity index (χ3v) is 2.69. The molecule has 7 nitrogen and oxygen atoms in total. The molecule has 0 saturated heterocycles. The largest absolute Gasteiger partial charge is 0.409 e. The van der Waals surface area contributed by atoms with Crippen molar-refractivity contribution in [3.8, 4) is 0 Å². The maximum absolute atomic E-state index is 13.2. The highest BCUT2D eigenvalue weighted by Crippen LogP contribution is 2.11. The second-order valence-corrected chi connectivity index (χ2v) is 4.05. The van der Waals surface area contributed by atoms with Gasteiger partial charge in [-0.25, -0.2) is 4.39 Å². The lowest BCUT2D eigenvalue weighted by Gasteiger charge is -2.09. The van der Waals surface area contributed by atoms with E-state index in [1.165, 1.54) is 18.5 Å². The van der Waals surface area contributed by atoms with Crippen LogP contribution in [0.4, 0.5) is 4.39 Å². The second kappa shape index (κ2) is 6.62. The summed E-state index contributed by atoms with van der Waals surface area (Å²) in [5, 5.41) is 18.2. The maximum atomic E-state index is 13.2. The van der Waals surface area contributed by atoms with E-state index in [4.69, 9.17) is 15.5 Å². The summed E-state index contributed by atoms with van der Waals surface area (Å²) in [6.45, 7) is 1.05. The van der Waals surface area contributed by atoms with Gasteiger partial charge in [0, 0.05) is 25.1 Å². The quantitative estimate of drug-likeness (QED) is 0.235. The van der Waals surface area contributed by atoms with Crippen molar-refractivity contribution in [3.63, 3.8) is 0 Å². The van der Waals surface area contributed by atoms with Crippen LogP contribution in [0, 0.1) is 5.82 Å². The fourth-order valence-electron chi connectivity index (χ4n) is 1.72. The Morgan fingerprint density at radius 3 is 3.05 bits per heavy atom. The summed E-state index contributed by atoms with van der Waals surface area (Å²) in [6.07, 6.45) is 1.92. The lowest BCUT2D eigenvalue weighted by molar-refractivity contribution is 0.318. The molecule has 0 spiro atoms. The Kier molecular flexibility index (Phi) is 4.61. The molecular formula is C12H14FN5O2. The predicted octanol–water partition coefficient (Wildman–Crippen LogP) is 0.635. The topological polar surface area (TPSA) is 110 Å². The van der Waals surface area contributed by atoms with Crippen LogP contribution >= 0.6 is 0 Å². The van der Waals surface area contributed by atoms with Crippen LogP contribution in [0.3, 0.4) is 0 Å². The summed E-state index contributed by atoms with van der Waals surface area (Å²) >= 11 is 0. The first kappa shape index (κ1) is 13.9. The summed E-state index contributed by atoms with van der Waals surface area (Å²) in [7, 11) is 0. The van der Waals surface area contributed by atoms with Gasteiger partial charge in [0.05, 0.1) is 0 Å². The average Bonchev–Trinajstić information content (AvgIpc) is 2.97. The molecule has 1 aromatic heterocycles. The number of benzene rings is 1. The van der Waals surface area contributed by atoms with Crippen molar-refractivity contribution in [2.45, 2.75) is 13.0 Å². The Labute approximate surface area is 114 Å². The van der Waals surface area contributed by atoms with Crippen molar-refractivity contribution >= 4 is 5.84 Å². The molecule has 0 atom stereocenters. The van der Waals surface area contributed by atoms with E-state index in [2.05, 4.69) is 20.6 Å². The fourth-order valence-corrected chi connectivity index (χ4v) is 1.72. The van der Waals surface area contributed by atoms with E-state index >= 15 is 0 Å². The molecule has 0 aliphatic carbocycles. The van der Waals surface area contributed by atoms with Gasteiger partial charge in [0.25, 0.3) is 0 Å². The highest BCUT2D eigenvalue weighted by atomic mass is 19.1. The minimum Gasteiger partial charge on any atom is -0.409 e. The second-order valence-electron chi connectivity index (χ2n) is 4.05. The number of halogens is 1. The Morgan fingerprint density at radius 2 is 2.35 bits per heavy atom. The molecule has 0 bridgehead atoms. The number of rotatable bonds is 6. The summed E-state index contributed by atoms with van der Waals surface area (Å²) in [5.74, 6) is -0.0346. The number of nitrogens with one attached hydrogen (secondary N) is 1. The van der Waals surface area contributed by atoms with Gasteiger partial charge in [-0.15, -0.1) is 0 Å². The molecule has 1 aromatic carbocycles. The Hall–Kier alpha value is -2.48. The van der Waals surface area contributed by atoms with E-state index in [-0.39, 0.29) is 5.84 Å². The number of hydrogen-bond acceptors (Lipinski definition) is 6. The molecular weight excluding hydrogens is 265 g/mol. The van der Waals surface area contributed by atoms with Crippen LogP contribution in [0.15, 0.2) is 34.2 Å². The van der Waals surface area contributed by atoms with Crippen LogP contribution in [-0.4, -0.2) is 27.7 Å². The van der Waals surface area contributed by atoms with Crippen molar-refractivity contribution < 1.29 is 14.1 Å². The van der Waals surface area contributed by atoms with Crippen LogP contribution in [0.1, 0.15) is 17.0 Å². The van der Waals surface area contributed by atoms with E-state index in [0.717, 1.165) is 5.56 Å². The highest BCUT2D eigenvalue weighted by molar-refractivity contribution is 5.98. The van der Waals surface area contributed by atoms with Crippen LogP contribution < -0.4 is 11.1 Å². The van der Waals surface area contributed by atoms with Crippen LogP contribution in [0.2, 0.25) is 0 Å². The van der Waals surface area contributed by atoms with E-state index in [0.29, 0.717) is 31.0 Å². The predicted molar refractivity (Wildman–Crippen MR) is 68.6 cm³/mol.